The summed E-state index contributed by atoms with van der Waals surface area (Å²) in [6.07, 6.45) is 5.03. The molecule has 1 aliphatic rings. The van der Waals surface area contributed by atoms with Crippen molar-refractivity contribution in [3.8, 4) is 11.6 Å². The predicted molar refractivity (Wildman–Crippen MR) is 96.5 cm³/mol. The molecule has 1 aromatic carbocycles. The van der Waals surface area contributed by atoms with E-state index in [2.05, 4.69) is 20.4 Å². The lowest BCUT2D eigenvalue weighted by molar-refractivity contribution is -0.120. The van der Waals surface area contributed by atoms with Crippen molar-refractivity contribution in [1.82, 2.24) is 19.7 Å². The van der Waals surface area contributed by atoms with Crippen LogP contribution in [0.2, 0.25) is 0 Å². The number of aromatic nitrogens is 4. The van der Waals surface area contributed by atoms with Gasteiger partial charge in [-0.15, -0.1) is 0 Å². The van der Waals surface area contributed by atoms with E-state index in [4.69, 9.17) is 4.74 Å². The number of benzene rings is 1. The number of carbonyl (C=O) groups is 1. The van der Waals surface area contributed by atoms with Gasteiger partial charge in [-0.2, -0.15) is 5.10 Å². The first-order valence-electron chi connectivity index (χ1n) is 8.25. The van der Waals surface area contributed by atoms with E-state index in [1.807, 2.05) is 41.4 Å². The smallest absolute Gasteiger partial charge is 0.231 e. The lowest BCUT2D eigenvalue weighted by Gasteiger charge is -2.39. The Labute approximate surface area is 150 Å². The number of methoxy groups -OCH3 is 1. The van der Waals surface area contributed by atoms with Gasteiger partial charge in [0.25, 0.3) is 0 Å². The fourth-order valence-electron chi connectivity index (χ4n) is 2.82. The summed E-state index contributed by atoms with van der Waals surface area (Å²) < 4.78 is 6.85. The maximum atomic E-state index is 12.4. The number of hydrogen-bond acceptors (Lipinski definition) is 6. The quantitative estimate of drug-likeness (QED) is 0.754. The normalized spacial score (nSPS) is 14.0. The predicted octanol–water partition coefficient (Wildman–Crippen LogP) is 1.75. The molecule has 0 atom stereocenters. The molecule has 0 saturated carbocycles. The first-order valence-corrected chi connectivity index (χ1v) is 8.25. The molecule has 0 bridgehead atoms. The summed E-state index contributed by atoms with van der Waals surface area (Å²) in [6.45, 7) is 1.23. The van der Waals surface area contributed by atoms with Crippen LogP contribution >= 0.6 is 0 Å². The van der Waals surface area contributed by atoms with E-state index in [-0.39, 0.29) is 11.8 Å². The lowest BCUT2D eigenvalue weighted by atomic mass is 9.99. The lowest BCUT2D eigenvalue weighted by Crippen LogP contribution is -2.52. The van der Waals surface area contributed by atoms with Gasteiger partial charge in [0.2, 0.25) is 5.91 Å². The largest absolute Gasteiger partial charge is 0.497 e. The average molecular weight is 350 g/mol. The monoisotopic (exact) mass is 350 g/mol. The van der Waals surface area contributed by atoms with Gasteiger partial charge in [0.1, 0.15) is 17.9 Å². The number of amides is 1. The van der Waals surface area contributed by atoms with Gasteiger partial charge >= 0.3 is 0 Å². The van der Waals surface area contributed by atoms with Crippen LogP contribution in [-0.4, -0.2) is 45.9 Å². The van der Waals surface area contributed by atoms with Crippen LogP contribution in [0.15, 0.2) is 55.1 Å². The fourth-order valence-corrected chi connectivity index (χ4v) is 2.82. The van der Waals surface area contributed by atoms with Crippen LogP contribution < -0.4 is 15.0 Å². The molecule has 3 aromatic rings. The highest BCUT2D eigenvalue weighted by Gasteiger charge is 2.33. The molecule has 8 nitrogen and oxygen atoms in total. The number of nitrogens with one attached hydrogen (secondary N) is 1. The van der Waals surface area contributed by atoms with Gasteiger partial charge in [-0.1, -0.05) is 6.07 Å². The minimum Gasteiger partial charge on any atom is -0.497 e. The summed E-state index contributed by atoms with van der Waals surface area (Å²) in [4.78, 5) is 23.0. The second-order valence-electron chi connectivity index (χ2n) is 6.01. The van der Waals surface area contributed by atoms with Gasteiger partial charge < -0.3 is 15.0 Å². The Hall–Kier alpha value is -3.42. The van der Waals surface area contributed by atoms with Crippen molar-refractivity contribution >= 4 is 17.4 Å². The molecule has 0 radical (unpaired) electrons. The molecule has 0 unspecified atom stereocenters. The molecule has 0 spiro atoms. The van der Waals surface area contributed by atoms with Crippen LogP contribution in [0.1, 0.15) is 0 Å². The zero-order valence-electron chi connectivity index (χ0n) is 14.2. The first kappa shape index (κ1) is 16.1. The van der Waals surface area contributed by atoms with Crippen molar-refractivity contribution < 1.29 is 9.53 Å². The van der Waals surface area contributed by atoms with E-state index in [9.17, 15) is 4.79 Å². The Morgan fingerprint density at radius 2 is 2.04 bits per heavy atom. The number of anilines is 2. The maximum absolute atomic E-state index is 12.4. The summed E-state index contributed by atoms with van der Waals surface area (Å²) in [5.41, 5.74) is 0.732. The minimum absolute atomic E-state index is 0.00383. The number of rotatable bonds is 5. The van der Waals surface area contributed by atoms with Gasteiger partial charge in [-0.25, -0.2) is 14.6 Å². The van der Waals surface area contributed by atoms with E-state index in [0.717, 1.165) is 11.5 Å². The molecule has 0 aliphatic carbocycles. The van der Waals surface area contributed by atoms with Crippen LogP contribution in [0.4, 0.5) is 11.5 Å². The van der Waals surface area contributed by atoms with Crippen LogP contribution in [0.25, 0.3) is 5.82 Å². The molecule has 1 fully saturated rings. The molecule has 4 rings (SSSR count). The number of hydrogen-bond donors (Lipinski definition) is 1. The Bertz CT molecular complexity index is 906. The Morgan fingerprint density at radius 1 is 1.19 bits per heavy atom. The molecule has 8 heteroatoms. The Kier molecular flexibility index (Phi) is 4.22. The summed E-state index contributed by atoms with van der Waals surface area (Å²) in [6, 6.07) is 11.0. The van der Waals surface area contributed by atoms with E-state index >= 15 is 0 Å². The van der Waals surface area contributed by atoms with Crippen molar-refractivity contribution in [3.05, 3.63) is 55.1 Å². The minimum atomic E-state index is -0.0793. The molecular weight excluding hydrogens is 332 g/mol. The molecule has 26 heavy (non-hydrogen) atoms. The molecular formula is C18H18N6O2. The molecule has 1 amide bonds. The summed E-state index contributed by atoms with van der Waals surface area (Å²) >= 11 is 0. The van der Waals surface area contributed by atoms with Crippen LogP contribution in [-0.2, 0) is 4.79 Å². The molecule has 2 aromatic heterocycles. The van der Waals surface area contributed by atoms with Crippen LogP contribution in [0, 0.1) is 5.92 Å². The van der Waals surface area contributed by atoms with Gasteiger partial charge in [0, 0.05) is 43.3 Å². The van der Waals surface area contributed by atoms with Crippen LogP contribution in [0.5, 0.6) is 5.75 Å². The zero-order valence-corrected chi connectivity index (χ0v) is 14.2. The topological polar surface area (TPSA) is 85.2 Å². The van der Waals surface area contributed by atoms with Crippen molar-refractivity contribution in [1.29, 1.82) is 0 Å². The fraction of sp³-hybridized carbons (Fsp3) is 0.222. The highest BCUT2D eigenvalue weighted by molar-refractivity contribution is 5.94. The van der Waals surface area contributed by atoms with Gasteiger partial charge in [-0.3, -0.25) is 4.79 Å². The number of ether oxygens (including phenoxy) is 1. The highest BCUT2D eigenvalue weighted by atomic mass is 16.5. The molecule has 132 valence electrons. The van der Waals surface area contributed by atoms with Gasteiger partial charge in [0.15, 0.2) is 5.82 Å². The average Bonchev–Trinajstić information content (AvgIpc) is 3.15. The van der Waals surface area contributed by atoms with Crippen molar-refractivity contribution in [2.75, 3.05) is 30.4 Å². The summed E-state index contributed by atoms with van der Waals surface area (Å²) in [7, 11) is 1.60. The third-order valence-corrected chi connectivity index (χ3v) is 4.29. The van der Waals surface area contributed by atoms with Crippen molar-refractivity contribution in [3.63, 3.8) is 0 Å². The molecule has 1 aliphatic heterocycles. The Balaban J connectivity index is 1.38. The summed E-state index contributed by atoms with van der Waals surface area (Å²) in [5.74, 6) is 2.12. The van der Waals surface area contributed by atoms with Gasteiger partial charge in [-0.05, 0) is 18.2 Å². The number of carbonyl (C=O) groups excluding carboxylic acids is 1. The first-order chi connectivity index (χ1) is 12.7. The standard InChI is InChI=1S/C18H18N6O2/c1-26-15-5-2-4-14(8-15)22-18(25)13-10-23(11-13)16-9-17(20-12-19-16)24-7-3-6-21-24/h2-9,12-13H,10-11H2,1H3,(H,22,25). The van der Waals surface area contributed by atoms with E-state index in [0.29, 0.717) is 24.7 Å². The van der Waals surface area contributed by atoms with E-state index in [1.54, 1.807) is 24.1 Å². The molecule has 3 heterocycles. The van der Waals surface area contributed by atoms with Crippen molar-refractivity contribution in [2.24, 2.45) is 5.92 Å². The zero-order chi connectivity index (χ0) is 17.9. The maximum Gasteiger partial charge on any atom is 0.231 e. The highest BCUT2D eigenvalue weighted by Crippen LogP contribution is 2.25. The summed E-state index contributed by atoms with van der Waals surface area (Å²) in [5, 5.41) is 7.10. The second kappa shape index (κ2) is 6.83. The Morgan fingerprint density at radius 3 is 2.81 bits per heavy atom. The molecule has 1 saturated heterocycles. The van der Waals surface area contributed by atoms with Crippen LogP contribution in [0.3, 0.4) is 0 Å². The SMILES string of the molecule is COc1cccc(NC(=O)C2CN(c3cc(-n4cccn4)ncn3)C2)c1. The third kappa shape index (κ3) is 3.21. The number of nitrogens with zero attached hydrogens (tertiary/aromatic N) is 5. The van der Waals surface area contributed by atoms with Crippen molar-refractivity contribution in [2.45, 2.75) is 0 Å². The molecule has 1 N–H and O–H groups in total. The second-order valence-corrected chi connectivity index (χ2v) is 6.01. The van der Waals surface area contributed by atoms with E-state index < -0.39 is 0 Å². The van der Waals surface area contributed by atoms with Gasteiger partial charge in [0.05, 0.1) is 13.0 Å². The third-order valence-electron chi connectivity index (χ3n) is 4.29. The van der Waals surface area contributed by atoms with E-state index in [1.165, 1.54) is 6.33 Å².